The van der Waals surface area contributed by atoms with Crippen molar-refractivity contribution in [3.8, 4) is 5.75 Å². The van der Waals surface area contributed by atoms with E-state index in [0.717, 1.165) is 13.1 Å². The lowest BCUT2D eigenvalue weighted by Crippen LogP contribution is -2.38. The van der Waals surface area contributed by atoms with Crippen LogP contribution in [-0.4, -0.2) is 56.0 Å². The Bertz CT molecular complexity index is 1330. The van der Waals surface area contributed by atoms with Crippen molar-refractivity contribution in [2.75, 3.05) is 44.8 Å². The number of hydrogen-bond donors (Lipinski definition) is 1. The number of fused-ring (bicyclic) bond motifs is 1. The smallest absolute Gasteiger partial charge is 0.417 e. The zero-order chi connectivity index (χ0) is 27.5. The number of amides is 1. The van der Waals surface area contributed by atoms with E-state index >= 15 is 0 Å². The summed E-state index contributed by atoms with van der Waals surface area (Å²) in [6.45, 7) is 3.87. The Kier molecular flexibility index (Phi) is 7.93. The molecular weight excluding hydrogens is 518 g/mol. The first kappa shape index (κ1) is 27.4. The molecule has 12 heteroatoms. The molecule has 1 fully saturated rings. The maximum atomic E-state index is 13.4. The van der Waals surface area contributed by atoms with Gasteiger partial charge in [-0.1, -0.05) is 24.3 Å². The van der Waals surface area contributed by atoms with Crippen molar-refractivity contribution in [1.82, 2.24) is 4.90 Å². The van der Waals surface area contributed by atoms with Crippen LogP contribution in [0, 0.1) is 0 Å². The van der Waals surface area contributed by atoms with Crippen LogP contribution in [0.25, 0.3) is 10.8 Å². The Balaban J connectivity index is 1.56. The van der Waals surface area contributed by atoms with E-state index in [1.54, 1.807) is 24.3 Å². The first-order valence-corrected chi connectivity index (χ1v) is 11.5. The standard InChI is InChI=1S/C26H22F6N2O4/c27-25(28,29)16-5-6-20(26(30,31)32)19(15-16)23(35)24(36)33-21-7-8-22(18-4-2-1-3-17(18)21)38-14-11-34-9-12-37-13-10-34/h1-8,15H,9-14H2,(H,33,36). The van der Waals surface area contributed by atoms with Gasteiger partial charge in [-0.25, -0.2) is 0 Å². The molecule has 3 aromatic carbocycles. The quantitative estimate of drug-likeness (QED) is 0.247. The van der Waals surface area contributed by atoms with E-state index in [0.29, 0.717) is 42.9 Å². The highest BCUT2D eigenvalue weighted by molar-refractivity contribution is 6.47. The zero-order valence-corrected chi connectivity index (χ0v) is 19.8. The van der Waals surface area contributed by atoms with E-state index in [1.807, 2.05) is 0 Å². The highest BCUT2D eigenvalue weighted by atomic mass is 19.4. The van der Waals surface area contributed by atoms with Crippen molar-refractivity contribution in [3.05, 3.63) is 71.3 Å². The molecule has 38 heavy (non-hydrogen) atoms. The van der Waals surface area contributed by atoms with E-state index in [-0.39, 0.29) is 23.9 Å². The van der Waals surface area contributed by atoms with Crippen LogP contribution in [0.1, 0.15) is 21.5 Å². The van der Waals surface area contributed by atoms with Crippen LogP contribution < -0.4 is 10.1 Å². The van der Waals surface area contributed by atoms with E-state index in [2.05, 4.69) is 10.2 Å². The molecule has 6 nitrogen and oxygen atoms in total. The molecule has 0 spiro atoms. The fourth-order valence-electron chi connectivity index (χ4n) is 4.07. The molecule has 0 aromatic heterocycles. The van der Waals surface area contributed by atoms with Crippen molar-refractivity contribution < 1.29 is 45.4 Å². The molecule has 3 aromatic rings. The lowest BCUT2D eigenvalue weighted by atomic mass is 9.99. The van der Waals surface area contributed by atoms with Crippen molar-refractivity contribution in [3.63, 3.8) is 0 Å². The number of carbonyl (C=O) groups is 2. The number of nitrogens with zero attached hydrogens (tertiary/aromatic N) is 1. The number of ether oxygens (including phenoxy) is 2. The number of hydrogen-bond acceptors (Lipinski definition) is 5. The SMILES string of the molecule is O=C(Nc1ccc(OCCN2CCOCC2)c2ccccc12)C(=O)c1cc(C(F)(F)F)ccc1C(F)(F)F. The topological polar surface area (TPSA) is 67.9 Å². The lowest BCUT2D eigenvalue weighted by molar-refractivity contribution is -0.141. The van der Waals surface area contributed by atoms with E-state index in [9.17, 15) is 35.9 Å². The van der Waals surface area contributed by atoms with Gasteiger partial charge in [0.05, 0.1) is 24.3 Å². The Hall–Kier alpha value is -3.64. The normalized spacial score (nSPS) is 14.9. The van der Waals surface area contributed by atoms with Gasteiger partial charge in [0.2, 0.25) is 0 Å². The molecule has 0 atom stereocenters. The maximum Gasteiger partial charge on any atom is 0.417 e. The van der Waals surface area contributed by atoms with Crippen molar-refractivity contribution in [2.24, 2.45) is 0 Å². The monoisotopic (exact) mass is 540 g/mol. The summed E-state index contributed by atoms with van der Waals surface area (Å²) in [6.07, 6.45) is -10.2. The summed E-state index contributed by atoms with van der Waals surface area (Å²) in [6, 6.07) is 10.00. The first-order chi connectivity index (χ1) is 17.9. The van der Waals surface area contributed by atoms with Gasteiger partial charge in [0, 0.05) is 41.7 Å². The molecule has 1 aliphatic heterocycles. The lowest BCUT2D eigenvalue weighted by Gasteiger charge is -2.26. The predicted molar refractivity (Wildman–Crippen MR) is 126 cm³/mol. The molecule has 0 aliphatic carbocycles. The highest BCUT2D eigenvalue weighted by Crippen LogP contribution is 2.37. The molecule has 0 radical (unpaired) electrons. The molecule has 1 amide bonds. The van der Waals surface area contributed by atoms with Gasteiger partial charge < -0.3 is 14.8 Å². The number of carbonyl (C=O) groups excluding carboxylic acids is 2. The van der Waals surface area contributed by atoms with Gasteiger partial charge in [-0.15, -0.1) is 0 Å². The van der Waals surface area contributed by atoms with Crippen LogP contribution in [-0.2, 0) is 21.9 Å². The summed E-state index contributed by atoms with van der Waals surface area (Å²) >= 11 is 0. The van der Waals surface area contributed by atoms with Gasteiger partial charge in [-0.05, 0) is 30.3 Å². The molecule has 4 rings (SSSR count). The average molecular weight is 540 g/mol. The van der Waals surface area contributed by atoms with Crippen LogP contribution in [0.4, 0.5) is 32.0 Å². The summed E-state index contributed by atoms with van der Waals surface area (Å²) in [5, 5.41) is 3.23. The van der Waals surface area contributed by atoms with Crippen LogP contribution >= 0.6 is 0 Å². The van der Waals surface area contributed by atoms with Crippen molar-refractivity contribution in [2.45, 2.75) is 12.4 Å². The summed E-state index contributed by atoms with van der Waals surface area (Å²) in [5.74, 6) is -2.78. The first-order valence-electron chi connectivity index (χ1n) is 11.5. The number of benzene rings is 3. The zero-order valence-electron chi connectivity index (χ0n) is 19.8. The van der Waals surface area contributed by atoms with E-state index in [4.69, 9.17) is 9.47 Å². The van der Waals surface area contributed by atoms with Gasteiger partial charge in [0.15, 0.2) is 0 Å². The second kappa shape index (κ2) is 11.0. The van der Waals surface area contributed by atoms with Crippen molar-refractivity contribution in [1.29, 1.82) is 0 Å². The number of ketones is 1. The molecule has 1 aliphatic rings. The maximum absolute atomic E-state index is 13.4. The summed E-state index contributed by atoms with van der Waals surface area (Å²) in [7, 11) is 0. The van der Waals surface area contributed by atoms with Gasteiger partial charge in [0.1, 0.15) is 12.4 Å². The molecule has 1 N–H and O–H groups in total. The number of nitrogens with one attached hydrogen (secondary N) is 1. The number of alkyl halides is 6. The minimum absolute atomic E-state index is 0.0360. The summed E-state index contributed by atoms with van der Waals surface area (Å²) < 4.78 is 90.8. The molecule has 1 saturated heterocycles. The molecule has 1 heterocycles. The fourth-order valence-corrected chi connectivity index (χ4v) is 4.07. The third-order valence-electron chi connectivity index (χ3n) is 6.00. The highest BCUT2D eigenvalue weighted by Gasteiger charge is 2.39. The Morgan fingerprint density at radius 2 is 1.58 bits per heavy atom. The number of halogens is 6. The van der Waals surface area contributed by atoms with Crippen LogP contribution in [0.5, 0.6) is 5.75 Å². The molecule has 0 saturated carbocycles. The molecular formula is C26H22F6N2O4. The fraction of sp³-hybridized carbons (Fsp3) is 0.308. The Morgan fingerprint density at radius 1 is 0.895 bits per heavy atom. The van der Waals surface area contributed by atoms with Crippen molar-refractivity contribution >= 4 is 28.2 Å². The van der Waals surface area contributed by atoms with Crippen LogP contribution in [0.3, 0.4) is 0 Å². The minimum Gasteiger partial charge on any atom is -0.492 e. The second-order valence-corrected chi connectivity index (χ2v) is 8.50. The number of morpholine rings is 1. The Morgan fingerprint density at radius 3 is 2.24 bits per heavy atom. The molecule has 202 valence electrons. The number of rotatable bonds is 7. The predicted octanol–water partition coefficient (Wildman–Crippen LogP) is 5.41. The average Bonchev–Trinajstić information content (AvgIpc) is 2.88. The number of anilines is 1. The van der Waals surface area contributed by atoms with E-state index in [1.165, 1.54) is 12.1 Å². The van der Waals surface area contributed by atoms with Crippen LogP contribution in [0.2, 0.25) is 0 Å². The number of Topliss-reactive ketones (excluding diaryl/α,β-unsaturated/α-hetero) is 1. The summed E-state index contributed by atoms with van der Waals surface area (Å²) in [5.41, 5.74) is -4.43. The molecule has 0 bridgehead atoms. The van der Waals surface area contributed by atoms with Gasteiger partial charge in [-0.3, -0.25) is 14.5 Å². The van der Waals surface area contributed by atoms with Gasteiger partial charge in [-0.2, -0.15) is 26.3 Å². The summed E-state index contributed by atoms with van der Waals surface area (Å²) in [4.78, 5) is 27.5. The van der Waals surface area contributed by atoms with Gasteiger partial charge in [0.25, 0.3) is 11.7 Å². The second-order valence-electron chi connectivity index (χ2n) is 8.50. The van der Waals surface area contributed by atoms with Gasteiger partial charge >= 0.3 is 12.4 Å². The Labute approximate surface area is 213 Å². The third kappa shape index (κ3) is 6.25. The third-order valence-corrected chi connectivity index (χ3v) is 6.00. The van der Waals surface area contributed by atoms with E-state index < -0.39 is 40.7 Å². The largest absolute Gasteiger partial charge is 0.492 e. The molecule has 0 unspecified atom stereocenters. The van der Waals surface area contributed by atoms with Crippen LogP contribution in [0.15, 0.2) is 54.6 Å². The minimum atomic E-state index is -5.15.